The summed E-state index contributed by atoms with van der Waals surface area (Å²) in [5.41, 5.74) is 7.37. The Balaban J connectivity index is 1.46. The molecule has 7 rings (SSSR count). The van der Waals surface area contributed by atoms with Crippen LogP contribution in [0.25, 0.3) is 28.2 Å². The summed E-state index contributed by atoms with van der Waals surface area (Å²) in [4.78, 5) is 32.6. The lowest BCUT2D eigenvalue weighted by Gasteiger charge is -2.40. The Labute approximate surface area is 319 Å². The van der Waals surface area contributed by atoms with E-state index in [4.69, 9.17) is 10.1 Å². The highest BCUT2D eigenvalue weighted by Crippen LogP contribution is 2.47. The molecule has 3 N–H and O–H groups in total. The smallest absolute Gasteiger partial charge is 0.264 e. The van der Waals surface area contributed by atoms with Gasteiger partial charge in [0, 0.05) is 59.5 Å². The molecule has 12 heteroatoms. The number of methoxy groups -OCH3 is 1. The molecule has 2 atom stereocenters. The topological polar surface area (TPSA) is 137 Å². The van der Waals surface area contributed by atoms with Crippen molar-refractivity contribution in [1.29, 1.82) is 5.41 Å². The number of sulfonamides is 1. The van der Waals surface area contributed by atoms with Gasteiger partial charge in [0.1, 0.15) is 5.75 Å². The molecule has 3 aromatic rings. The number of aromatic nitrogens is 1. The normalized spacial score (nSPS) is 20.9. The molecule has 0 radical (unpaired) electrons. The molecular formula is C42H54N6O5S. The molecule has 4 aliphatic rings. The third-order valence-corrected chi connectivity index (χ3v) is 13.5. The van der Waals surface area contributed by atoms with Crippen LogP contribution in [0.5, 0.6) is 5.75 Å². The first kappa shape index (κ1) is 37.9. The Bertz CT molecular complexity index is 2160. The summed E-state index contributed by atoms with van der Waals surface area (Å²) in [6.07, 6.45) is 9.60. The van der Waals surface area contributed by atoms with Crippen LogP contribution in [0.1, 0.15) is 100 Å². The molecule has 3 fully saturated rings. The van der Waals surface area contributed by atoms with E-state index in [0.717, 1.165) is 84.9 Å². The number of amides is 2. The van der Waals surface area contributed by atoms with Crippen LogP contribution in [0.2, 0.25) is 0 Å². The molecule has 2 bridgehead atoms. The van der Waals surface area contributed by atoms with Crippen LogP contribution >= 0.6 is 0 Å². The maximum Gasteiger partial charge on any atom is 0.264 e. The Hall–Kier alpha value is -4.42. The average molecular weight is 755 g/mol. The Kier molecular flexibility index (Phi) is 10.5. The Morgan fingerprint density at radius 2 is 1.70 bits per heavy atom. The number of hydrogen-bond acceptors (Lipinski definition) is 8. The minimum absolute atomic E-state index is 0.105. The zero-order valence-corrected chi connectivity index (χ0v) is 33.2. The van der Waals surface area contributed by atoms with E-state index in [1.165, 1.54) is 12.0 Å². The fourth-order valence-electron chi connectivity index (χ4n) is 9.21. The van der Waals surface area contributed by atoms with Crippen molar-refractivity contribution < 1.29 is 22.7 Å². The minimum atomic E-state index is -3.85. The third-order valence-electron chi connectivity index (χ3n) is 11.8. The molecule has 0 spiro atoms. The van der Waals surface area contributed by atoms with E-state index in [9.17, 15) is 18.0 Å². The van der Waals surface area contributed by atoms with Crippen molar-refractivity contribution in [2.24, 2.45) is 0 Å². The number of piperazine rings is 1. The van der Waals surface area contributed by atoms with Crippen molar-refractivity contribution in [1.82, 2.24) is 24.4 Å². The standard InChI is InChI=1S/C42H54N6O5S/c1-7-44-39(37(26(4)43)42(50)48-31-14-15-32(48)24-46(5)23-31)30-19-29-20-33(53-6)16-18-34(29)40-38(27-11-9-8-10-12-27)35-17-13-28(21-36(35)47(40)22-30)41(49)45-54(51,52)25(2)3/h13,16-21,25,27,31-32,43-44H,7-12,14-15,22-24H2,1-6H3,(H,45,49)/b39-37+,43-26?. The highest BCUT2D eigenvalue weighted by molar-refractivity contribution is 7.90. The van der Waals surface area contributed by atoms with Crippen LogP contribution < -0.4 is 14.8 Å². The van der Waals surface area contributed by atoms with Gasteiger partial charge in [0.05, 0.1) is 35.9 Å². The second-order valence-corrected chi connectivity index (χ2v) is 18.0. The lowest BCUT2D eigenvalue weighted by atomic mass is 9.81. The molecule has 1 aliphatic carbocycles. The Morgan fingerprint density at radius 1 is 1.00 bits per heavy atom. The fourth-order valence-corrected chi connectivity index (χ4v) is 9.82. The van der Waals surface area contributed by atoms with Gasteiger partial charge in [0.2, 0.25) is 10.0 Å². The summed E-state index contributed by atoms with van der Waals surface area (Å²) in [5.74, 6) is 0.228. The van der Waals surface area contributed by atoms with Gasteiger partial charge in [0.15, 0.2) is 0 Å². The largest absolute Gasteiger partial charge is 0.497 e. The van der Waals surface area contributed by atoms with Crippen LogP contribution in [0.3, 0.4) is 0 Å². The summed E-state index contributed by atoms with van der Waals surface area (Å²) >= 11 is 0. The fraction of sp³-hybridized carbons (Fsp3) is 0.500. The predicted molar refractivity (Wildman–Crippen MR) is 215 cm³/mol. The van der Waals surface area contributed by atoms with E-state index >= 15 is 0 Å². The number of ether oxygens (including phenoxy) is 1. The summed E-state index contributed by atoms with van der Waals surface area (Å²) < 4.78 is 35.8. The lowest BCUT2D eigenvalue weighted by molar-refractivity contribution is -0.131. The summed E-state index contributed by atoms with van der Waals surface area (Å²) in [6.45, 7) is 9.31. The molecule has 2 aromatic carbocycles. The van der Waals surface area contributed by atoms with Gasteiger partial charge < -0.3 is 29.8 Å². The number of allylic oxidation sites excluding steroid dienone is 1. The molecule has 2 amide bonds. The molecule has 1 aromatic heterocycles. The first-order valence-corrected chi connectivity index (χ1v) is 21.0. The first-order valence-electron chi connectivity index (χ1n) is 19.5. The van der Waals surface area contributed by atoms with E-state index in [1.54, 1.807) is 33.9 Å². The van der Waals surface area contributed by atoms with Crippen LogP contribution in [0.15, 0.2) is 53.2 Å². The zero-order chi connectivity index (χ0) is 38.5. The lowest BCUT2D eigenvalue weighted by Crippen LogP contribution is -2.55. The van der Waals surface area contributed by atoms with Gasteiger partial charge >= 0.3 is 0 Å². The quantitative estimate of drug-likeness (QED) is 0.160. The van der Waals surface area contributed by atoms with E-state index in [2.05, 4.69) is 38.7 Å². The molecule has 288 valence electrons. The molecule has 54 heavy (non-hydrogen) atoms. The number of carbonyl (C=O) groups is 2. The van der Waals surface area contributed by atoms with Gasteiger partial charge in [-0.2, -0.15) is 0 Å². The number of carbonyl (C=O) groups excluding carboxylic acids is 2. The van der Waals surface area contributed by atoms with Crippen LogP contribution in [-0.2, 0) is 21.4 Å². The molecule has 1 saturated carbocycles. The van der Waals surface area contributed by atoms with Crippen LogP contribution in [0.4, 0.5) is 0 Å². The monoisotopic (exact) mass is 754 g/mol. The number of likely N-dealkylation sites (N-methyl/N-ethyl adjacent to an activating group) is 2. The highest BCUT2D eigenvalue weighted by atomic mass is 32.2. The SMILES string of the molecule is CCN/C(C1=Cc2cc(OC)ccc2-c2c(C3CCCCC3)c3ccc(C(=O)NS(=O)(=O)C(C)C)cc3n2C1)=C(\C(C)=N)C(=O)N1C2CCC1CN(C)C2. The van der Waals surface area contributed by atoms with Gasteiger partial charge in [-0.1, -0.05) is 25.3 Å². The number of nitrogens with one attached hydrogen (secondary N) is 3. The van der Waals surface area contributed by atoms with E-state index in [-0.39, 0.29) is 29.3 Å². The predicted octanol–water partition coefficient (Wildman–Crippen LogP) is 6.44. The second kappa shape index (κ2) is 15.0. The number of fused-ring (bicyclic) bond motifs is 7. The van der Waals surface area contributed by atoms with Crippen molar-refractivity contribution in [3.05, 3.63) is 69.9 Å². The number of nitrogens with zero attached hydrogens (tertiary/aromatic N) is 3. The van der Waals surface area contributed by atoms with Crippen molar-refractivity contribution in [3.8, 4) is 17.0 Å². The van der Waals surface area contributed by atoms with E-state index in [1.807, 2.05) is 36.1 Å². The van der Waals surface area contributed by atoms with Crippen molar-refractivity contribution >= 4 is 44.5 Å². The second-order valence-electron chi connectivity index (χ2n) is 15.8. The Morgan fingerprint density at radius 3 is 2.33 bits per heavy atom. The first-order chi connectivity index (χ1) is 25.8. The molecule has 11 nitrogen and oxygen atoms in total. The van der Waals surface area contributed by atoms with Crippen LogP contribution in [0, 0.1) is 5.41 Å². The maximum atomic E-state index is 14.8. The van der Waals surface area contributed by atoms with Gasteiger partial charge in [-0.25, -0.2) is 13.1 Å². The number of rotatable bonds is 10. The van der Waals surface area contributed by atoms with Crippen LogP contribution in [-0.4, -0.2) is 91.4 Å². The van der Waals surface area contributed by atoms with Gasteiger partial charge in [-0.3, -0.25) is 9.59 Å². The number of likely N-dealkylation sites (tertiary alicyclic amines) is 1. The number of benzene rings is 2. The summed E-state index contributed by atoms with van der Waals surface area (Å²) in [5, 5.41) is 12.9. The minimum Gasteiger partial charge on any atom is -0.497 e. The molecule has 2 saturated heterocycles. The van der Waals surface area contributed by atoms with E-state index in [0.29, 0.717) is 36.0 Å². The van der Waals surface area contributed by atoms with Crippen molar-refractivity contribution in [2.75, 3.05) is 33.8 Å². The van der Waals surface area contributed by atoms with E-state index < -0.39 is 21.2 Å². The van der Waals surface area contributed by atoms with Gasteiger partial charge in [0.25, 0.3) is 11.8 Å². The molecule has 2 unspecified atom stereocenters. The summed E-state index contributed by atoms with van der Waals surface area (Å²) in [7, 11) is -0.0854. The highest BCUT2D eigenvalue weighted by Gasteiger charge is 2.43. The van der Waals surface area contributed by atoms with Gasteiger partial charge in [-0.05, 0) is 119 Å². The van der Waals surface area contributed by atoms with Gasteiger partial charge in [-0.15, -0.1) is 0 Å². The average Bonchev–Trinajstić information content (AvgIpc) is 3.54. The molecular weight excluding hydrogens is 701 g/mol. The van der Waals surface area contributed by atoms with Crippen molar-refractivity contribution in [3.63, 3.8) is 0 Å². The van der Waals surface area contributed by atoms with Crippen molar-refractivity contribution in [2.45, 2.75) is 102 Å². The summed E-state index contributed by atoms with van der Waals surface area (Å²) in [6, 6.07) is 11.8. The molecule has 4 heterocycles. The molecule has 3 aliphatic heterocycles. The third kappa shape index (κ3) is 6.87. The maximum absolute atomic E-state index is 14.8. The number of hydrogen-bond donors (Lipinski definition) is 3. The zero-order valence-electron chi connectivity index (χ0n) is 32.4.